The minimum Gasteiger partial charge on any atom is -0.377 e. The Morgan fingerprint density at radius 1 is 0.808 bits per heavy atom. The normalized spacial score (nSPS) is 12.3. The third-order valence-electron chi connectivity index (χ3n) is 5.13. The zero-order chi connectivity index (χ0) is 19.0. The number of pyridine rings is 1. The third-order valence-corrected chi connectivity index (χ3v) is 5.13. The molecule has 0 aliphatic heterocycles. The van der Waals surface area contributed by atoms with Gasteiger partial charge in [-0.25, -0.2) is 0 Å². The highest BCUT2D eigenvalue weighted by molar-refractivity contribution is 5.41. The molecule has 0 saturated carbocycles. The summed E-state index contributed by atoms with van der Waals surface area (Å²) < 4.78 is 8.10. The highest BCUT2D eigenvalue weighted by Crippen LogP contribution is 2.12. The van der Waals surface area contributed by atoms with Crippen LogP contribution in [0.1, 0.15) is 97.1 Å². The van der Waals surface area contributed by atoms with Crippen LogP contribution in [0.5, 0.6) is 0 Å². The van der Waals surface area contributed by atoms with Gasteiger partial charge in [-0.15, -0.1) is 0 Å². The van der Waals surface area contributed by atoms with Crippen molar-refractivity contribution in [1.82, 2.24) is 0 Å². The van der Waals surface area contributed by atoms with E-state index >= 15 is 0 Å². The maximum Gasteiger partial charge on any atom is 0.259 e. The number of ether oxygens (including phenoxy) is 1. The summed E-state index contributed by atoms with van der Waals surface area (Å²) in [4.78, 5) is 2.11. The van der Waals surface area contributed by atoms with Crippen LogP contribution >= 0.6 is 0 Å². The van der Waals surface area contributed by atoms with E-state index in [4.69, 9.17) is 4.74 Å². The maximum atomic E-state index is 5.97. The smallest absolute Gasteiger partial charge is 0.259 e. The predicted molar refractivity (Wildman–Crippen MR) is 113 cm³/mol. The Hall–Kier alpha value is -1.09. The Morgan fingerprint density at radius 3 is 1.73 bits per heavy atom. The second-order valence-electron chi connectivity index (χ2n) is 7.76. The standard InChI is InChI=1S/C23H43N2O/c1-5-6-7-8-9-10-11-12-13-14-15-16-21-26-22(2)25-19-17-23(18-20-25)24(3)4/h17-20,22H,5-16,21H2,1-4H3/q+1. The van der Waals surface area contributed by atoms with Crippen molar-refractivity contribution in [2.75, 3.05) is 25.6 Å². The van der Waals surface area contributed by atoms with E-state index in [1.807, 2.05) is 0 Å². The summed E-state index contributed by atoms with van der Waals surface area (Å²) in [5.41, 5.74) is 1.22. The van der Waals surface area contributed by atoms with Gasteiger partial charge in [-0.1, -0.05) is 77.6 Å². The topological polar surface area (TPSA) is 16.4 Å². The van der Waals surface area contributed by atoms with E-state index in [0.717, 1.165) is 6.61 Å². The van der Waals surface area contributed by atoms with Crippen molar-refractivity contribution in [3.05, 3.63) is 24.5 Å². The van der Waals surface area contributed by atoms with Gasteiger partial charge in [0.2, 0.25) is 0 Å². The molecule has 0 fully saturated rings. The molecule has 1 aromatic rings. The van der Waals surface area contributed by atoms with E-state index < -0.39 is 0 Å². The van der Waals surface area contributed by atoms with Crippen molar-refractivity contribution in [2.24, 2.45) is 0 Å². The zero-order valence-electron chi connectivity index (χ0n) is 17.9. The molecule has 0 bridgehead atoms. The molecule has 0 aliphatic carbocycles. The van der Waals surface area contributed by atoms with Crippen LogP contribution in [0.25, 0.3) is 0 Å². The molecule has 0 saturated heterocycles. The van der Waals surface area contributed by atoms with E-state index in [1.165, 1.54) is 82.7 Å². The van der Waals surface area contributed by atoms with Crippen molar-refractivity contribution < 1.29 is 9.30 Å². The van der Waals surface area contributed by atoms with Crippen molar-refractivity contribution in [2.45, 2.75) is 97.1 Å². The number of hydrogen-bond acceptors (Lipinski definition) is 2. The lowest BCUT2D eigenvalue weighted by molar-refractivity contribution is -0.758. The van der Waals surface area contributed by atoms with Gasteiger partial charge >= 0.3 is 0 Å². The number of hydrogen-bond donors (Lipinski definition) is 0. The minimum atomic E-state index is 0.110. The van der Waals surface area contributed by atoms with Crippen LogP contribution in [-0.4, -0.2) is 20.7 Å². The van der Waals surface area contributed by atoms with Gasteiger partial charge in [-0.2, -0.15) is 4.57 Å². The summed E-state index contributed by atoms with van der Waals surface area (Å²) in [6, 6.07) is 4.26. The molecule has 1 aromatic heterocycles. The van der Waals surface area contributed by atoms with Crippen LogP contribution in [0.15, 0.2) is 24.5 Å². The molecule has 26 heavy (non-hydrogen) atoms. The highest BCUT2D eigenvalue weighted by Gasteiger charge is 2.12. The largest absolute Gasteiger partial charge is 0.377 e. The first kappa shape index (κ1) is 23.0. The molecule has 0 aliphatic rings. The average molecular weight is 364 g/mol. The molecule has 150 valence electrons. The minimum absolute atomic E-state index is 0.110. The number of aromatic nitrogens is 1. The molecular formula is C23H43N2O+. The van der Waals surface area contributed by atoms with Crippen molar-refractivity contribution >= 4 is 5.69 Å². The van der Waals surface area contributed by atoms with Crippen LogP contribution in [0.3, 0.4) is 0 Å². The fraction of sp³-hybridized carbons (Fsp3) is 0.783. The molecule has 0 spiro atoms. The first-order valence-corrected chi connectivity index (χ1v) is 10.9. The molecule has 0 N–H and O–H groups in total. The number of nitrogens with zero attached hydrogens (tertiary/aromatic N) is 2. The Balaban J connectivity index is 1.94. The SMILES string of the molecule is CCCCCCCCCCCCCCOC(C)[n+]1ccc(N(C)C)cc1. The lowest BCUT2D eigenvalue weighted by Crippen LogP contribution is -2.38. The summed E-state index contributed by atoms with van der Waals surface area (Å²) in [5.74, 6) is 0. The van der Waals surface area contributed by atoms with E-state index in [-0.39, 0.29) is 6.23 Å². The summed E-state index contributed by atoms with van der Waals surface area (Å²) in [7, 11) is 4.13. The zero-order valence-corrected chi connectivity index (χ0v) is 17.9. The number of unbranched alkanes of at least 4 members (excludes halogenated alkanes) is 11. The maximum absolute atomic E-state index is 5.97. The van der Waals surface area contributed by atoms with Gasteiger partial charge in [0.15, 0.2) is 12.4 Å². The quantitative estimate of drug-likeness (QED) is 0.254. The average Bonchev–Trinajstić information content (AvgIpc) is 2.65. The van der Waals surface area contributed by atoms with E-state index in [9.17, 15) is 0 Å². The summed E-state index contributed by atoms with van der Waals surface area (Å²) in [6.07, 6.45) is 20.9. The molecule has 0 amide bonds. The first-order chi connectivity index (χ1) is 12.6. The summed E-state index contributed by atoms with van der Waals surface area (Å²) in [6.45, 7) is 5.27. The summed E-state index contributed by atoms with van der Waals surface area (Å²) >= 11 is 0. The number of anilines is 1. The van der Waals surface area contributed by atoms with Gasteiger partial charge in [-0.3, -0.25) is 0 Å². The first-order valence-electron chi connectivity index (χ1n) is 10.9. The fourth-order valence-electron chi connectivity index (χ4n) is 3.25. The molecule has 1 heterocycles. The lowest BCUT2D eigenvalue weighted by atomic mass is 10.1. The van der Waals surface area contributed by atoms with E-state index in [1.54, 1.807) is 0 Å². The molecule has 1 rings (SSSR count). The molecular weight excluding hydrogens is 320 g/mol. The van der Waals surface area contributed by atoms with Crippen molar-refractivity contribution in [3.63, 3.8) is 0 Å². The van der Waals surface area contributed by atoms with E-state index in [0.29, 0.717) is 0 Å². The molecule has 3 nitrogen and oxygen atoms in total. The Morgan fingerprint density at radius 2 is 1.27 bits per heavy atom. The Bertz CT molecular complexity index is 430. The van der Waals surface area contributed by atoms with Crippen LogP contribution in [0.4, 0.5) is 5.69 Å². The van der Waals surface area contributed by atoms with E-state index in [2.05, 4.69) is 61.9 Å². The molecule has 1 unspecified atom stereocenters. The van der Waals surface area contributed by atoms with Gasteiger partial charge in [0.05, 0.1) is 6.61 Å². The van der Waals surface area contributed by atoms with Crippen LogP contribution in [0.2, 0.25) is 0 Å². The van der Waals surface area contributed by atoms with Crippen molar-refractivity contribution in [1.29, 1.82) is 0 Å². The van der Waals surface area contributed by atoms with Crippen molar-refractivity contribution in [3.8, 4) is 0 Å². The lowest BCUT2D eigenvalue weighted by Gasteiger charge is -2.12. The van der Waals surface area contributed by atoms with Crippen LogP contribution < -0.4 is 9.47 Å². The highest BCUT2D eigenvalue weighted by atomic mass is 16.5. The monoisotopic (exact) mass is 363 g/mol. The molecule has 3 heteroatoms. The van der Waals surface area contributed by atoms with Gasteiger partial charge < -0.3 is 9.64 Å². The molecule has 0 radical (unpaired) electrons. The van der Waals surface area contributed by atoms with Gasteiger partial charge in [0.25, 0.3) is 6.23 Å². The Kier molecular flexibility index (Phi) is 13.3. The molecule has 0 aromatic carbocycles. The summed E-state index contributed by atoms with van der Waals surface area (Å²) in [5, 5.41) is 0. The van der Waals surface area contributed by atoms with Gasteiger partial charge in [0.1, 0.15) is 0 Å². The third kappa shape index (κ3) is 10.8. The number of rotatable bonds is 16. The van der Waals surface area contributed by atoms with Gasteiger partial charge in [-0.05, 0) is 6.42 Å². The predicted octanol–water partition coefficient (Wildman–Crippen LogP) is 6.28. The fourth-order valence-corrected chi connectivity index (χ4v) is 3.25. The van der Waals surface area contributed by atoms with Crippen LogP contribution in [-0.2, 0) is 4.74 Å². The van der Waals surface area contributed by atoms with Gasteiger partial charge in [0, 0.05) is 38.8 Å². The van der Waals surface area contributed by atoms with Crippen LogP contribution in [0, 0.1) is 0 Å². The second-order valence-corrected chi connectivity index (χ2v) is 7.76. The molecule has 1 atom stereocenters. The second kappa shape index (κ2) is 15.0. The Labute approximate surface area is 162 Å².